The summed E-state index contributed by atoms with van der Waals surface area (Å²) >= 11 is 0. The molecule has 4 heteroatoms. The first kappa shape index (κ1) is 35.9. The van der Waals surface area contributed by atoms with Gasteiger partial charge in [-0.25, -0.2) is 0 Å². The second kappa shape index (κ2) is 18.4. The summed E-state index contributed by atoms with van der Waals surface area (Å²) in [5.74, 6) is -1.02. The third-order valence-corrected chi connectivity index (χ3v) is 14.3. The Hall–Kier alpha value is -5.15. The molecule has 10 rings (SSSR count). The average molecular weight is 1070 g/mol. The molecule has 0 amide bonds. The van der Waals surface area contributed by atoms with Gasteiger partial charge in [0.05, 0.1) is 6.95 Å². The minimum absolute atomic E-state index is 0. The van der Waals surface area contributed by atoms with Gasteiger partial charge < -0.3 is 14.4 Å². The number of nitrogens with zero attached hydrogens (tertiary/aromatic N) is 2. The standard InChI is InChI=1S/C33H32NO.C30H36N.Ir/c1-21-18-24(23-14-16-33(3,4)17-15-23)12-13-25(21)29-19-30(34-20-22(29)2)28-10-7-9-27-26-8-5-6-11-31(26)35-32(27)28;1-20-9-10-22(27-14-12-23(19-31-27)28(2,3)4)17-24(20)21-11-13-25-26(18-21)30(7,8)16-15-29(25,5)6;/h5-9,11-13,18-20,23H,14-17H2,1-4H3;9,11-14,17-19H,15-16H2,1-8H3;/q2*-1;/i1D3,2D3,13D,23D;1D3;. The molecule has 0 saturated heterocycles. The van der Waals surface area contributed by atoms with Crippen LogP contribution >= 0.6 is 0 Å². The molecule has 347 valence electrons. The molecule has 1 radical (unpaired) electrons. The Balaban J connectivity index is 0.000000209. The minimum atomic E-state index is -2.66. The summed E-state index contributed by atoms with van der Waals surface area (Å²) in [4.78, 5) is 9.16. The maximum Gasteiger partial charge on any atom is 0.120 e. The van der Waals surface area contributed by atoms with Crippen LogP contribution in [0.3, 0.4) is 0 Å². The van der Waals surface area contributed by atoms with Crippen LogP contribution in [-0.4, -0.2) is 9.97 Å². The zero-order valence-corrected chi connectivity index (χ0v) is 42.7. The molecule has 1 fully saturated rings. The van der Waals surface area contributed by atoms with Crippen molar-refractivity contribution in [3.63, 3.8) is 0 Å². The maximum atomic E-state index is 9.24. The molecular weight excluding hydrogens is 993 g/mol. The maximum absolute atomic E-state index is 9.24. The van der Waals surface area contributed by atoms with Crippen molar-refractivity contribution in [2.45, 2.75) is 144 Å². The van der Waals surface area contributed by atoms with Crippen molar-refractivity contribution < 1.29 is 39.6 Å². The number of para-hydroxylation sites is 1. The van der Waals surface area contributed by atoms with Crippen LogP contribution in [0.1, 0.15) is 161 Å². The third-order valence-electron chi connectivity index (χ3n) is 14.3. The van der Waals surface area contributed by atoms with Crippen molar-refractivity contribution >= 4 is 21.9 Å². The number of aromatic nitrogens is 2. The summed E-state index contributed by atoms with van der Waals surface area (Å²) in [6.45, 7) is 12.5. The Morgan fingerprint density at radius 1 is 0.687 bits per heavy atom. The van der Waals surface area contributed by atoms with E-state index in [0.29, 0.717) is 46.4 Å². The van der Waals surface area contributed by atoms with Gasteiger partial charge in [0.1, 0.15) is 5.58 Å². The number of pyridine rings is 2. The topological polar surface area (TPSA) is 38.9 Å². The quantitative estimate of drug-likeness (QED) is 0.161. The first-order valence-corrected chi connectivity index (χ1v) is 23.3. The molecule has 2 aliphatic carbocycles. The monoisotopic (exact) mass is 1070 g/mol. The van der Waals surface area contributed by atoms with E-state index in [1.54, 1.807) is 18.2 Å². The molecule has 0 atom stereocenters. The second-order valence-electron chi connectivity index (χ2n) is 21.6. The summed E-state index contributed by atoms with van der Waals surface area (Å²) in [7, 11) is 0. The van der Waals surface area contributed by atoms with Gasteiger partial charge >= 0.3 is 0 Å². The molecule has 0 spiro atoms. The Kier molecular flexibility index (Phi) is 9.86. The van der Waals surface area contributed by atoms with Crippen LogP contribution in [0.25, 0.3) is 66.7 Å². The van der Waals surface area contributed by atoms with Crippen LogP contribution in [0.4, 0.5) is 0 Å². The molecule has 8 aromatic rings. The second-order valence-corrected chi connectivity index (χ2v) is 21.6. The molecule has 0 N–H and O–H groups in total. The van der Waals surface area contributed by atoms with Gasteiger partial charge in [0.2, 0.25) is 0 Å². The number of furan rings is 1. The molecule has 3 aromatic heterocycles. The van der Waals surface area contributed by atoms with E-state index in [-0.39, 0.29) is 70.1 Å². The summed E-state index contributed by atoms with van der Waals surface area (Å²) in [5.41, 5.74) is 10.1. The van der Waals surface area contributed by atoms with E-state index < -0.39 is 26.4 Å². The van der Waals surface area contributed by atoms with Gasteiger partial charge in [0, 0.05) is 51.6 Å². The molecule has 1 saturated carbocycles. The molecule has 3 heterocycles. The van der Waals surface area contributed by atoms with E-state index in [9.17, 15) is 1.37 Å². The number of aryl methyl sites for hydroxylation is 3. The van der Waals surface area contributed by atoms with Crippen molar-refractivity contribution in [3.05, 3.63) is 167 Å². The first-order chi connectivity index (χ1) is 35.7. The number of fused-ring (bicyclic) bond motifs is 4. The van der Waals surface area contributed by atoms with Crippen LogP contribution in [0, 0.1) is 38.1 Å². The molecule has 0 bridgehead atoms. The van der Waals surface area contributed by atoms with Gasteiger partial charge in [-0.2, -0.15) is 0 Å². The number of hydrogen-bond donors (Lipinski definition) is 0. The minimum Gasteiger partial charge on any atom is -0.501 e. The zero-order valence-electron chi connectivity index (χ0n) is 51.3. The molecule has 0 unspecified atom stereocenters. The number of hydrogen-bond acceptors (Lipinski definition) is 3. The van der Waals surface area contributed by atoms with E-state index >= 15 is 0 Å². The molecule has 2 aliphatic rings. The van der Waals surface area contributed by atoms with Crippen LogP contribution in [0.15, 0.2) is 120 Å². The fourth-order valence-electron chi connectivity index (χ4n) is 9.75. The average Bonchev–Trinajstić information content (AvgIpc) is 3.75. The van der Waals surface area contributed by atoms with Crippen LogP contribution in [0.2, 0.25) is 0 Å². The SMILES string of the molecule is [2H]C([2H])([2H])c1c[c-]c(-c2ccc(C(C)(C)C)cn2)cc1-c1ccc2c(c1)C(C)(C)CCC2(C)C.[2H]c1cc(C2([2H])CCC(C)(C)CC2)cc(C([2H])([2H])[2H])c1-c1cc(-c2[c-]ccc3c2oc2ccccc23)ncc1C([2H])([2H])[2H].[Ir]. The van der Waals surface area contributed by atoms with Crippen molar-refractivity contribution in [1.29, 1.82) is 0 Å². The van der Waals surface area contributed by atoms with Gasteiger partial charge in [0.25, 0.3) is 0 Å². The largest absolute Gasteiger partial charge is 0.501 e. The Morgan fingerprint density at radius 3 is 2.13 bits per heavy atom. The van der Waals surface area contributed by atoms with E-state index in [0.717, 1.165) is 64.4 Å². The predicted molar refractivity (Wildman–Crippen MR) is 278 cm³/mol. The van der Waals surface area contributed by atoms with E-state index in [2.05, 4.69) is 109 Å². The van der Waals surface area contributed by atoms with Gasteiger partial charge in [0.15, 0.2) is 0 Å². The summed E-state index contributed by atoms with van der Waals surface area (Å²) < 4.78 is 99.0. The van der Waals surface area contributed by atoms with Crippen molar-refractivity contribution in [1.82, 2.24) is 9.97 Å². The third kappa shape index (κ3) is 9.77. The summed E-state index contributed by atoms with van der Waals surface area (Å²) in [6.07, 6.45) is 8.13. The van der Waals surface area contributed by atoms with Crippen molar-refractivity contribution in [2.24, 2.45) is 5.41 Å². The number of rotatable bonds is 5. The Labute approximate surface area is 430 Å². The van der Waals surface area contributed by atoms with Gasteiger partial charge in [-0.15, -0.1) is 47.5 Å². The molecule has 3 nitrogen and oxygen atoms in total. The Bertz CT molecular complexity index is 3530. The van der Waals surface area contributed by atoms with E-state index in [4.69, 9.17) is 18.1 Å². The van der Waals surface area contributed by atoms with Crippen molar-refractivity contribution in [2.75, 3.05) is 0 Å². The molecule has 67 heavy (non-hydrogen) atoms. The normalized spacial score (nSPS) is 19.9. The van der Waals surface area contributed by atoms with Crippen LogP contribution in [0.5, 0.6) is 0 Å². The predicted octanol–water partition coefficient (Wildman–Crippen LogP) is 17.6. The molecule has 5 aromatic carbocycles. The smallest absolute Gasteiger partial charge is 0.120 e. The summed E-state index contributed by atoms with van der Waals surface area (Å²) in [5, 5.41) is 1.76. The summed E-state index contributed by atoms with van der Waals surface area (Å²) in [6, 6.07) is 36.2. The van der Waals surface area contributed by atoms with E-state index in [1.165, 1.54) is 29.5 Å². The molecule has 0 aliphatic heterocycles. The van der Waals surface area contributed by atoms with Crippen LogP contribution in [-0.2, 0) is 36.4 Å². The van der Waals surface area contributed by atoms with Crippen LogP contribution < -0.4 is 0 Å². The zero-order chi connectivity index (χ0) is 56.1. The van der Waals surface area contributed by atoms with Gasteiger partial charge in [-0.05, 0) is 147 Å². The molecular formula is C63H68IrN2O-2. The van der Waals surface area contributed by atoms with E-state index in [1.807, 2.05) is 48.7 Å². The number of benzene rings is 5. The first-order valence-electron chi connectivity index (χ1n) is 28.8. The van der Waals surface area contributed by atoms with Gasteiger partial charge in [-0.3, -0.25) is 0 Å². The Morgan fingerprint density at radius 2 is 1.42 bits per heavy atom. The van der Waals surface area contributed by atoms with Crippen molar-refractivity contribution in [3.8, 4) is 44.8 Å². The van der Waals surface area contributed by atoms with Gasteiger partial charge in [-0.1, -0.05) is 158 Å². The fraction of sp³-hybridized carbons (Fsp3) is 0.365. The fourth-order valence-corrected chi connectivity index (χ4v) is 9.75.